The molecular formula is C14H21N3O2. The lowest BCUT2D eigenvalue weighted by molar-refractivity contribution is 0.00628. The van der Waals surface area contributed by atoms with Crippen LogP contribution in [-0.2, 0) is 4.74 Å². The molecule has 2 heterocycles. The number of carbonyl (C=O) groups excluding carboxylic acids is 1. The molecule has 1 aromatic heterocycles. The van der Waals surface area contributed by atoms with Crippen molar-refractivity contribution in [3.8, 4) is 0 Å². The van der Waals surface area contributed by atoms with Gasteiger partial charge < -0.3 is 15.4 Å². The van der Waals surface area contributed by atoms with Crippen molar-refractivity contribution in [2.24, 2.45) is 0 Å². The molecule has 0 aromatic carbocycles. The fourth-order valence-electron chi connectivity index (χ4n) is 1.95. The molecule has 1 atom stereocenters. The van der Waals surface area contributed by atoms with Gasteiger partial charge in [-0.3, -0.25) is 0 Å². The van der Waals surface area contributed by atoms with E-state index >= 15 is 0 Å². The summed E-state index contributed by atoms with van der Waals surface area (Å²) in [6.07, 6.45) is 1.74. The van der Waals surface area contributed by atoms with Gasteiger partial charge in [-0.05, 0) is 32.4 Å². The highest BCUT2D eigenvalue weighted by molar-refractivity contribution is 5.87. The number of piperazine rings is 1. The number of nitrogens with zero attached hydrogens (tertiary/aromatic N) is 1. The third-order valence-electron chi connectivity index (χ3n) is 2.84. The minimum atomic E-state index is -0.494. The van der Waals surface area contributed by atoms with Crippen molar-refractivity contribution in [2.45, 2.75) is 32.4 Å². The highest BCUT2D eigenvalue weighted by Gasteiger charge is 2.20. The van der Waals surface area contributed by atoms with Gasteiger partial charge in [-0.25, -0.2) is 9.78 Å². The molecule has 1 fully saturated rings. The maximum absolute atomic E-state index is 11.8. The first-order valence-corrected chi connectivity index (χ1v) is 6.59. The van der Waals surface area contributed by atoms with Crippen LogP contribution in [0.2, 0.25) is 0 Å². The van der Waals surface area contributed by atoms with Crippen molar-refractivity contribution < 1.29 is 9.53 Å². The summed E-state index contributed by atoms with van der Waals surface area (Å²) in [5, 5.41) is 6.72. The first-order chi connectivity index (χ1) is 8.96. The molecule has 0 radical (unpaired) electrons. The average molecular weight is 263 g/mol. The first kappa shape index (κ1) is 14.0. The number of esters is 1. The number of rotatable bonds is 2. The van der Waals surface area contributed by atoms with Gasteiger partial charge in [0.25, 0.3) is 0 Å². The lowest BCUT2D eigenvalue weighted by Gasteiger charge is -2.24. The Morgan fingerprint density at radius 1 is 1.37 bits per heavy atom. The summed E-state index contributed by atoms with van der Waals surface area (Å²) in [5.41, 5.74) is 0.939. The number of aromatic nitrogens is 1. The largest absolute Gasteiger partial charge is 0.455 e. The summed E-state index contributed by atoms with van der Waals surface area (Å²) in [7, 11) is 0. The third kappa shape index (κ3) is 4.01. The van der Waals surface area contributed by atoms with E-state index in [9.17, 15) is 4.79 Å². The minimum absolute atomic E-state index is 0.258. The standard InChI is InChI=1S/C14H21N3O2/c1-14(2,3)19-13(18)11-5-4-10(8-17-11)12-9-15-6-7-16-12/h4-5,8,12,15-16H,6-7,9H2,1-3H3. The molecule has 2 N–H and O–H groups in total. The molecule has 0 aliphatic carbocycles. The predicted molar refractivity (Wildman–Crippen MR) is 73.0 cm³/mol. The Hall–Kier alpha value is -1.46. The molecule has 0 spiro atoms. The van der Waals surface area contributed by atoms with E-state index < -0.39 is 5.60 Å². The van der Waals surface area contributed by atoms with Gasteiger partial charge in [0.15, 0.2) is 0 Å². The Bertz CT molecular complexity index is 431. The Labute approximate surface area is 113 Å². The molecule has 19 heavy (non-hydrogen) atoms. The molecule has 0 bridgehead atoms. The quantitative estimate of drug-likeness (QED) is 0.787. The molecule has 5 heteroatoms. The highest BCUT2D eigenvalue weighted by Crippen LogP contribution is 2.15. The van der Waals surface area contributed by atoms with E-state index in [1.54, 1.807) is 12.3 Å². The highest BCUT2D eigenvalue weighted by atomic mass is 16.6. The summed E-state index contributed by atoms with van der Waals surface area (Å²) in [4.78, 5) is 16.0. The fraction of sp³-hybridized carbons (Fsp3) is 0.571. The van der Waals surface area contributed by atoms with Gasteiger partial charge >= 0.3 is 5.97 Å². The fourth-order valence-corrected chi connectivity index (χ4v) is 1.95. The van der Waals surface area contributed by atoms with Gasteiger partial charge in [0.05, 0.1) is 0 Å². The second kappa shape index (κ2) is 5.67. The number of nitrogens with one attached hydrogen (secondary N) is 2. The molecule has 2 rings (SSSR count). The van der Waals surface area contributed by atoms with Crippen LogP contribution < -0.4 is 10.6 Å². The summed E-state index contributed by atoms with van der Waals surface area (Å²) < 4.78 is 5.28. The van der Waals surface area contributed by atoms with E-state index in [1.807, 2.05) is 26.8 Å². The van der Waals surface area contributed by atoms with E-state index in [4.69, 9.17) is 4.74 Å². The monoisotopic (exact) mass is 263 g/mol. The Balaban J connectivity index is 2.03. The third-order valence-corrected chi connectivity index (χ3v) is 2.84. The van der Waals surface area contributed by atoms with Crippen LogP contribution in [-0.4, -0.2) is 36.2 Å². The molecule has 1 aliphatic heterocycles. The van der Waals surface area contributed by atoms with E-state index in [2.05, 4.69) is 15.6 Å². The van der Waals surface area contributed by atoms with E-state index in [0.29, 0.717) is 5.69 Å². The number of hydrogen-bond acceptors (Lipinski definition) is 5. The van der Waals surface area contributed by atoms with Crippen molar-refractivity contribution in [1.29, 1.82) is 0 Å². The van der Waals surface area contributed by atoms with E-state index in [0.717, 1.165) is 25.2 Å². The average Bonchev–Trinajstić information content (AvgIpc) is 2.38. The molecule has 0 amide bonds. The summed E-state index contributed by atoms with van der Waals surface area (Å²) >= 11 is 0. The Morgan fingerprint density at radius 3 is 2.68 bits per heavy atom. The Morgan fingerprint density at radius 2 is 2.16 bits per heavy atom. The van der Waals surface area contributed by atoms with Crippen LogP contribution in [0.4, 0.5) is 0 Å². The zero-order chi connectivity index (χ0) is 13.9. The normalized spacial score (nSPS) is 20.1. The molecule has 1 aliphatic rings. The zero-order valence-electron chi connectivity index (χ0n) is 11.7. The number of ether oxygens (including phenoxy) is 1. The Kier molecular flexibility index (Phi) is 4.17. The molecule has 0 saturated carbocycles. The van der Waals surface area contributed by atoms with Crippen LogP contribution in [0.1, 0.15) is 42.9 Å². The SMILES string of the molecule is CC(C)(C)OC(=O)c1ccc(C2CNCCN2)cn1. The lowest BCUT2D eigenvalue weighted by atomic mass is 10.1. The smallest absolute Gasteiger partial charge is 0.357 e. The minimum Gasteiger partial charge on any atom is -0.455 e. The van der Waals surface area contributed by atoms with Crippen LogP contribution >= 0.6 is 0 Å². The van der Waals surface area contributed by atoms with Crippen molar-refractivity contribution in [3.05, 3.63) is 29.6 Å². The van der Waals surface area contributed by atoms with Gasteiger partial charge in [-0.2, -0.15) is 0 Å². The topological polar surface area (TPSA) is 63.2 Å². The van der Waals surface area contributed by atoms with Gasteiger partial charge in [-0.1, -0.05) is 6.07 Å². The number of carbonyl (C=O) groups is 1. The van der Waals surface area contributed by atoms with Crippen LogP contribution in [0.15, 0.2) is 18.3 Å². The molecule has 1 saturated heterocycles. The van der Waals surface area contributed by atoms with Gasteiger partial charge in [-0.15, -0.1) is 0 Å². The van der Waals surface area contributed by atoms with Gasteiger partial charge in [0.1, 0.15) is 11.3 Å². The molecule has 104 valence electrons. The number of pyridine rings is 1. The van der Waals surface area contributed by atoms with Gasteiger partial charge in [0.2, 0.25) is 0 Å². The van der Waals surface area contributed by atoms with E-state index in [-0.39, 0.29) is 12.0 Å². The molecular weight excluding hydrogens is 242 g/mol. The first-order valence-electron chi connectivity index (χ1n) is 6.59. The van der Waals surface area contributed by atoms with Crippen LogP contribution in [0, 0.1) is 0 Å². The molecule has 1 unspecified atom stereocenters. The van der Waals surface area contributed by atoms with Crippen molar-refractivity contribution >= 4 is 5.97 Å². The lowest BCUT2D eigenvalue weighted by Crippen LogP contribution is -2.42. The molecule has 5 nitrogen and oxygen atoms in total. The van der Waals surface area contributed by atoms with Gasteiger partial charge in [0, 0.05) is 31.9 Å². The maximum Gasteiger partial charge on any atom is 0.357 e. The second-order valence-electron chi connectivity index (χ2n) is 5.69. The van der Waals surface area contributed by atoms with Crippen LogP contribution in [0.3, 0.4) is 0 Å². The van der Waals surface area contributed by atoms with Crippen LogP contribution in [0.5, 0.6) is 0 Å². The zero-order valence-corrected chi connectivity index (χ0v) is 11.7. The predicted octanol–water partition coefficient (Wildman–Crippen LogP) is 1.27. The molecule has 1 aromatic rings. The summed E-state index contributed by atoms with van der Waals surface area (Å²) in [6.45, 7) is 8.34. The summed E-state index contributed by atoms with van der Waals surface area (Å²) in [6, 6.07) is 3.91. The second-order valence-corrected chi connectivity index (χ2v) is 5.69. The van der Waals surface area contributed by atoms with Crippen molar-refractivity contribution in [1.82, 2.24) is 15.6 Å². The maximum atomic E-state index is 11.8. The van der Waals surface area contributed by atoms with Crippen LogP contribution in [0.25, 0.3) is 0 Å². The van der Waals surface area contributed by atoms with E-state index in [1.165, 1.54) is 0 Å². The number of hydrogen-bond donors (Lipinski definition) is 2. The van der Waals surface area contributed by atoms with Crippen molar-refractivity contribution in [3.63, 3.8) is 0 Å². The summed E-state index contributed by atoms with van der Waals surface area (Å²) in [5.74, 6) is -0.381. The van der Waals surface area contributed by atoms with Crippen molar-refractivity contribution in [2.75, 3.05) is 19.6 Å².